The summed E-state index contributed by atoms with van der Waals surface area (Å²) in [5.74, 6) is -0.0807. The third-order valence-corrected chi connectivity index (χ3v) is 9.20. The van der Waals surface area contributed by atoms with Crippen molar-refractivity contribution in [3.05, 3.63) is 17.1 Å². The zero-order valence-electron chi connectivity index (χ0n) is 21.0. The van der Waals surface area contributed by atoms with Crippen LogP contribution in [0.3, 0.4) is 0 Å². The largest absolute Gasteiger partial charge is 0.366 e. The zero-order chi connectivity index (χ0) is 27.4. The number of piperazine rings is 1. The van der Waals surface area contributed by atoms with Gasteiger partial charge in [0.15, 0.2) is 10.0 Å². The molecule has 1 saturated carbocycles. The molecule has 15 heteroatoms. The number of halogens is 2. The van der Waals surface area contributed by atoms with Crippen LogP contribution in [0, 0.1) is 17.2 Å². The van der Waals surface area contributed by atoms with E-state index in [1.54, 1.807) is 16.6 Å². The molecule has 2 fully saturated rings. The predicted octanol–water partition coefficient (Wildman–Crippen LogP) is 2.67. The number of carbonyl (C=O) groups is 1. The van der Waals surface area contributed by atoms with Gasteiger partial charge >= 0.3 is 0 Å². The quantitative estimate of drug-likeness (QED) is 0.463. The van der Waals surface area contributed by atoms with Crippen LogP contribution in [-0.4, -0.2) is 70.9 Å². The second-order valence-electron chi connectivity index (χ2n) is 9.82. The molecule has 5 rings (SSSR count). The Labute approximate surface area is 222 Å². The Morgan fingerprint density at radius 3 is 2.42 bits per heavy atom. The van der Waals surface area contributed by atoms with Gasteiger partial charge in [-0.25, -0.2) is 17.2 Å². The van der Waals surface area contributed by atoms with Gasteiger partial charge < -0.3 is 9.80 Å². The van der Waals surface area contributed by atoms with Gasteiger partial charge in [0.25, 0.3) is 6.43 Å². The molecule has 1 aliphatic heterocycles. The number of alkyl halides is 2. The van der Waals surface area contributed by atoms with Crippen LogP contribution < -0.4 is 9.62 Å². The lowest BCUT2D eigenvalue weighted by Crippen LogP contribution is -2.50. The summed E-state index contributed by atoms with van der Waals surface area (Å²) in [5.41, 5.74) is 0.277. The van der Waals surface area contributed by atoms with Gasteiger partial charge in [-0.1, -0.05) is 25.2 Å². The van der Waals surface area contributed by atoms with E-state index in [4.69, 9.17) is 0 Å². The zero-order valence-corrected chi connectivity index (χ0v) is 22.6. The maximum Gasteiger partial charge on any atom is 0.291 e. The van der Waals surface area contributed by atoms with Crippen molar-refractivity contribution in [3.8, 4) is 16.8 Å². The lowest BCUT2D eigenvalue weighted by atomic mass is 10.1. The highest BCUT2D eigenvalue weighted by atomic mass is 32.2. The number of fused-ring (bicyclic) bond motifs is 1. The molecule has 1 aliphatic carbocycles. The molecule has 0 radical (unpaired) electrons. The molecule has 3 aromatic rings. The van der Waals surface area contributed by atoms with Crippen LogP contribution in [0.15, 0.2) is 17.0 Å². The van der Waals surface area contributed by atoms with Gasteiger partial charge in [0.1, 0.15) is 11.2 Å². The first kappa shape index (κ1) is 26.4. The third kappa shape index (κ3) is 4.72. The van der Waals surface area contributed by atoms with E-state index in [-0.39, 0.29) is 27.4 Å². The fraction of sp³-hybridized carbons (Fsp3) is 0.522. The molecule has 2 aromatic heterocycles. The Balaban J connectivity index is 1.62. The van der Waals surface area contributed by atoms with Gasteiger partial charge in [-0.05, 0) is 25.0 Å². The molecule has 11 nitrogen and oxygen atoms in total. The van der Waals surface area contributed by atoms with Crippen molar-refractivity contribution in [1.82, 2.24) is 29.6 Å². The van der Waals surface area contributed by atoms with Crippen LogP contribution in [0.25, 0.3) is 21.6 Å². The smallest absolute Gasteiger partial charge is 0.291 e. The highest BCUT2D eigenvalue weighted by molar-refractivity contribution is 7.89. The minimum atomic E-state index is -4.11. The van der Waals surface area contributed by atoms with E-state index in [9.17, 15) is 27.3 Å². The molecule has 0 spiro atoms. The fourth-order valence-corrected chi connectivity index (χ4v) is 6.67. The van der Waals surface area contributed by atoms with Gasteiger partial charge in [0, 0.05) is 44.5 Å². The first-order valence-electron chi connectivity index (χ1n) is 12.1. The Bertz CT molecular complexity index is 1550. The van der Waals surface area contributed by atoms with E-state index in [0.29, 0.717) is 66.9 Å². The first-order chi connectivity index (χ1) is 17.9. The minimum absolute atomic E-state index is 0.0514. The van der Waals surface area contributed by atoms with Gasteiger partial charge in [0.05, 0.1) is 22.2 Å². The normalized spacial score (nSPS) is 17.4. The number of nitrogens with one attached hydrogen (secondary N) is 1. The topological polar surface area (TPSA) is 137 Å². The number of hydrogen-bond donors (Lipinski definition) is 1. The standard InChI is InChI=1S/C23H26F2N8O3S2/c1-13(2)22(34)33-8-6-32(7-9-33)16-11-14(38(35,36)30-23(12-26)4-5-23)10-15-17(29-31(3)18(15)16)20-27-28-21(37-20)19(24)25/h10-11,13,19,30H,4-9H2,1-3H3. The summed E-state index contributed by atoms with van der Waals surface area (Å²) in [5, 5.41) is 21.5. The summed E-state index contributed by atoms with van der Waals surface area (Å²) in [7, 11) is -2.42. The van der Waals surface area contributed by atoms with E-state index in [1.165, 1.54) is 12.1 Å². The third-order valence-electron chi connectivity index (χ3n) is 6.75. The molecule has 0 unspecified atom stereocenters. The molecule has 1 amide bonds. The van der Waals surface area contributed by atoms with E-state index in [2.05, 4.69) is 20.0 Å². The van der Waals surface area contributed by atoms with Gasteiger partial charge in [0.2, 0.25) is 15.9 Å². The summed E-state index contributed by atoms with van der Waals surface area (Å²) in [6, 6.07) is 5.00. The molecule has 2 aliphatic rings. The molecular formula is C23H26F2N8O3S2. The first-order valence-corrected chi connectivity index (χ1v) is 14.4. The van der Waals surface area contributed by atoms with Gasteiger partial charge in [-0.2, -0.15) is 15.1 Å². The van der Waals surface area contributed by atoms with Crippen LogP contribution in [0.1, 0.15) is 38.1 Å². The van der Waals surface area contributed by atoms with E-state index < -0.39 is 27.0 Å². The van der Waals surface area contributed by atoms with Gasteiger partial charge in [-0.3, -0.25) is 9.48 Å². The second-order valence-corrected chi connectivity index (χ2v) is 12.5. The lowest BCUT2D eigenvalue weighted by molar-refractivity contribution is -0.134. The number of amides is 1. The highest BCUT2D eigenvalue weighted by Crippen LogP contribution is 2.40. The SMILES string of the molecule is CC(C)C(=O)N1CCN(c2cc(S(=O)(=O)NC3(C#N)CC3)cc3c(-c4nnc(C(F)F)s4)nn(C)c23)CC1. The molecular weight excluding hydrogens is 538 g/mol. The molecule has 0 atom stereocenters. The second kappa shape index (κ2) is 9.51. The summed E-state index contributed by atoms with van der Waals surface area (Å²) in [6.07, 6.45) is -1.95. The molecule has 3 heterocycles. The average Bonchev–Trinajstić information content (AvgIpc) is 3.31. The number of hydrogen-bond acceptors (Lipinski definition) is 9. The maximum absolute atomic E-state index is 13.4. The summed E-state index contributed by atoms with van der Waals surface area (Å²) in [6.45, 7) is 5.53. The van der Waals surface area contributed by atoms with Crippen LogP contribution in [0.4, 0.5) is 14.5 Å². The Morgan fingerprint density at radius 2 is 1.87 bits per heavy atom. The van der Waals surface area contributed by atoms with Crippen molar-refractivity contribution in [1.29, 1.82) is 5.26 Å². The molecule has 0 bridgehead atoms. The van der Waals surface area contributed by atoms with Crippen LogP contribution in [0.5, 0.6) is 0 Å². The summed E-state index contributed by atoms with van der Waals surface area (Å²) < 4.78 is 57.3. The van der Waals surface area contributed by atoms with Crippen LogP contribution in [0.2, 0.25) is 0 Å². The molecule has 1 aromatic carbocycles. The molecule has 38 heavy (non-hydrogen) atoms. The van der Waals surface area contributed by atoms with E-state index in [1.807, 2.05) is 24.8 Å². The van der Waals surface area contributed by atoms with Crippen molar-refractivity contribution < 1.29 is 22.0 Å². The fourth-order valence-electron chi connectivity index (χ4n) is 4.55. The molecule has 202 valence electrons. The molecule has 1 saturated heterocycles. The number of nitriles is 1. The van der Waals surface area contributed by atoms with Gasteiger partial charge in [-0.15, -0.1) is 10.2 Å². The van der Waals surface area contributed by atoms with Crippen molar-refractivity contribution in [2.75, 3.05) is 31.1 Å². The maximum atomic E-state index is 13.4. The minimum Gasteiger partial charge on any atom is -0.366 e. The number of rotatable bonds is 7. The highest BCUT2D eigenvalue weighted by Gasteiger charge is 2.47. The Morgan fingerprint density at radius 1 is 1.18 bits per heavy atom. The predicted molar refractivity (Wildman–Crippen MR) is 136 cm³/mol. The number of aromatic nitrogens is 4. The van der Waals surface area contributed by atoms with Crippen molar-refractivity contribution in [2.45, 2.75) is 43.5 Å². The number of carbonyl (C=O) groups excluding carboxylic acids is 1. The van der Waals surface area contributed by atoms with Crippen LogP contribution >= 0.6 is 11.3 Å². The number of aryl methyl sites for hydroxylation is 1. The number of benzene rings is 1. The summed E-state index contributed by atoms with van der Waals surface area (Å²) in [4.78, 5) is 16.2. The van der Waals surface area contributed by atoms with E-state index >= 15 is 0 Å². The van der Waals surface area contributed by atoms with E-state index in [0.717, 1.165) is 0 Å². The molecule has 1 N–H and O–H groups in total. The Hall–Kier alpha value is -3.22. The lowest BCUT2D eigenvalue weighted by Gasteiger charge is -2.37. The Kier molecular flexibility index (Phi) is 6.60. The summed E-state index contributed by atoms with van der Waals surface area (Å²) >= 11 is 0.693. The van der Waals surface area contributed by atoms with Crippen molar-refractivity contribution >= 4 is 43.9 Å². The monoisotopic (exact) mass is 564 g/mol. The van der Waals surface area contributed by atoms with Crippen molar-refractivity contribution in [3.63, 3.8) is 0 Å². The average molecular weight is 565 g/mol. The number of nitrogens with zero attached hydrogens (tertiary/aromatic N) is 7. The van der Waals surface area contributed by atoms with Crippen LogP contribution in [-0.2, 0) is 21.9 Å². The van der Waals surface area contributed by atoms with Crippen molar-refractivity contribution in [2.24, 2.45) is 13.0 Å². The number of sulfonamides is 1. The number of anilines is 1.